The van der Waals surface area contributed by atoms with Gasteiger partial charge < -0.3 is 20.6 Å². The van der Waals surface area contributed by atoms with E-state index in [-0.39, 0.29) is 35.6 Å². The van der Waals surface area contributed by atoms with Gasteiger partial charge in [0.05, 0.1) is 29.2 Å². The maximum Gasteiger partial charge on any atom is 0.244 e. The minimum atomic E-state index is -0.722. The van der Waals surface area contributed by atoms with E-state index in [1.807, 2.05) is 44.2 Å². The Morgan fingerprint density at radius 3 is 2.59 bits per heavy atom. The molecule has 0 aliphatic carbocycles. The van der Waals surface area contributed by atoms with Crippen LogP contribution in [0.5, 0.6) is 0 Å². The van der Waals surface area contributed by atoms with Crippen molar-refractivity contribution in [1.82, 2.24) is 15.5 Å². The molecule has 3 aliphatic heterocycles. The molecule has 8 heteroatoms. The summed E-state index contributed by atoms with van der Waals surface area (Å²) in [4.78, 5) is 42.7. The first-order chi connectivity index (χ1) is 16.4. The van der Waals surface area contributed by atoms with Crippen LogP contribution in [-0.2, 0) is 14.4 Å². The van der Waals surface area contributed by atoms with Gasteiger partial charge in [0.1, 0.15) is 6.04 Å². The summed E-state index contributed by atoms with van der Waals surface area (Å²) in [6.45, 7) is 6.36. The Morgan fingerprint density at radius 1 is 1.21 bits per heavy atom. The zero-order valence-electron chi connectivity index (χ0n) is 20.3. The molecule has 0 radical (unpaired) electrons. The molecule has 3 N–H and O–H groups in total. The molecule has 3 fully saturated rings. The summed E-state index contributed by atoms with van der Waals surface area (Å²) in [5.41, 5.74) is 0.792. The number of nitrogens with zero attached hydrogens (tertiary/aromatic N) is 1. The Hall–Kier alpha value is -2.06. The van der Waals surface area contributed by atoms with E-state index in [0.29, 0.717) is 6.54 Å². The van der Waals surface area contributed by atoms with E-state index in [1.165, 1.54) is 0 Å². The fourth-order valence-corrected chi connectivity index (χ4v) is 8.46. The van der Waals surface area contributed by atoms with Crippen LogP contribution in [0.3, 0.4) is 0 Å². The van der Waals surface area contributed by atoms with Crippen molar-refractivity contribution in [2.45, 2.75) is 81.0 Å². The first-order valence-corrected chi connectivity index (χ1v) is 13.5. The summed E-state index contributed by atoms with van der Waals surface area (Å²) >= 11 is 1.66. The first-order valence-electron chi connectivity index (χ1n) is 12.6. The average molecular weight is 488 g/mol. The van der Waals surface area contributed by atoms with Gasteiger partial charge in [0.25, 0.3) is 0 Å². The lowest BCUT2D eigenvalue weighted by molar-refractivity contribution is -0.143. The third-order valence-electron chi connectivity index (χ3n) is 7.64. The second-order valence-corrected chi connectivity index (χ2v) is 11.5. The molecule has 3 heterocycles. The Balaban J connectivity index is 1.75. The molecule has 3 amide bonds. The highest BCUT2D eigenvalue weighted by molar-refractivity contribution is 8.02. The number of nitrogens with one attached hydrogen (secondary N) is 2. The van der Waals surface area contributed by atoms with Gasteiger partial charge in [-0.15, -0.1) is 11.8 Å². The van der Waals surface area contributed by atoms with Crippen LogP contribution in [0.1, 0.15) is 64.5 Å². The van der Waals surface area contributed by atoms with Crippen LogP contribution in [0.4, 0.5) is 0 Å². The quantitative estimate of drug-likeness (QED) is 0.471. The van der Waals surface area contributed by atoms with Gasteiger partial charge in [-0.05, 0) is 38.2 Å². The van der Waals surface area contributed by atoms with Crippen molar-refractivity contribution in [1.29, 1.82) is 0 Å². The third-order valence-corrected chi connectivity index (χ3v) is 9.59. The normalized spacial score (nSPS) is 31.3. The molecule has 4 rings (SSSR count). The molecular formula is C26H37N3O4S. The Labute approximate surface area is 206 Å². The van der Waals surface area contributed by atoms with Crippen molar-refractivity contribution in [3.63, 3.8) is 0 Å². The van der Waals surface area contributed by atoms with E-state index in [1.54, 1.807) is 16.7 Å². The molecule has 7 atom stereocenters. The molecule has 7 nitrogen and oxygen atoms in total. The number of carbonyl (C=O) groups is 3. The van der Waals surface area contributed by atoms with Crippen molar-refractivity contribution in [3.8, 4) is 0 Å². The van der Waals surface area contributed by atoms with E-state index in [9.17, 15) is 19.5 Å². The molecular weight excluding hydrogens is 450 g/mol. The van der Waals surface area contributed by atoms with Gasteiger partial charge in [-0.3, -0.25) is 14.4 Å². The van der Waals surface area contributed by atoms with Crippen LogP contribution in [0.15, 0.2) is 30.3 Å². The van der Waals surface area contributed by atoms with Crippen LogP contribution in [0.25, 0.3) is 0 Å². The highest BCUT2D eigenvalue weighted by atomic mass is 32.2. The Morgan fingerprint density at radius 2 is 1.94 bits per heavy atom. The van der Waals surface area contributed by atoms with E-state index < -0.39 is 28.7 Å². The van der Waals surface area contributed by atoms with Gasteiger partial charge in [-0.25, -0.2) is 0 Å². The topological polar surface area (TPSA) is 98.7 Å². The van der Waals surface area contributed by atoms with Gasteiger partial charge >= 0.3 is 0 Å². The molecule has 0 saturated carbocycles. The predicted octanol–water partition coefficient (Wildman–Crippen LogP) is 2.64. The van der Waals surface area contributed by atoms with Crippen molar-refractivity contribution in [3.05, 3.63) is 35.9 Å². The summed E-state index contributed by atoms with van der Waals surface area (Å²) in [6.07, 6.45) is 4.16. The number of benzene rings is 1. The summed E-state index contributed by atoms with van der Waals surface area (Å²) in [5.74, 6) is -1.43. The highest BCUT2D eigenvalue weighted by Crippen LogP contribution is 2.67. The summed E-state index contributed by atoms with van der Waals surface area (Å²) in [7, 11) is 0. The molecule has 0 aromatic heterocycles. The standard InChI is InChI=1S/C26H37N3O4S/c1-4-9-16(3)28-24(32)22-26-13-12-19(34-26)20(23(31)27-14-5-2)21(26)25(33)29(22)18(15-30)17-10-7-6-8-11-17/h6-8,10-11,16,18-22,30H,4-5,9,12-15H2,1-3H3,(H,27,31)(H,28,32)/t16?,18-,19-,20+,21+,22?,26?/m1/s1. The van der Waals surface area contributed by atoms with Gasteiger partial charge in [0.2, 0.25) is 17.7 Å². The second-order valence-electron chi connectivity index (χ2n) is 9.90. The molecule has 1 aromatic rings. The number of fused-ring (bicyclic) bond motifs is 1. The first kappa shape index (κ1) is 25.0. The lowest BCUT2D eigenvalue weighted by atomic mass is 9.70. The van der Waals surface area contributed by atoms with Gasteiger partial charge in [-0.2, -0.15) is 0 Å². The van der Waals surface area contributed by atoms with Crippen LogP contribution < -0.4 is 10.6 Å². The number of hydrogen-bond donors (Lipinski definition) is 3. The van der Waals surface area contributed by atoms with Crippen molar-refractivity contribution < 1.29 is 19.5 Å². The third kappa shape index (κ3) is 4.13. The summed E-state index contributed by atoms with van der Waals surface area (Å²) < 4.78 is -0.645. The SMILES string of the molecule is CCCNC(=O)[C@@H]1[C@H]2C(=O)N([C@H](CO)c3ccccc3)C(C(=O)NC(C)CCC)C23CC[C@H]1S3. The minimum Gasteiger partial charge on any atom is -0.394 e. The molecule has 1 spiro atoms. The van der Waals surface area contributed by atoms with Gasteiger partial charge in [-0.1, -0.05) is 50.6 Å². The Bertz CT molecular complexity index is 913. The number of thioether (sulfide) groups is 1. The monoisotopic (exact) mass is 487 g/mol. The second kappa shape index (κ2) is 10.3. The number of rotatable bonds is 10. The minimum absolute atomic E-state index is 0.0125. The lowest BCUT2D eigenvalue weighted by Gasteiger charge is -2.37. The fraction of sp³-hybridized carbons (Fsp3) is 0.654. The van der Waals surface area contributed by atoms with E-state index in [2.05, 4.69) is 17.6 Å². The summed E-state index contributed by atoms with van der Waals surface area (Å²) in [5, 5.41) is 16.6. The average Bonchev–Trinajstić information content (AvgIpc) is 3.46. The Kier molecular flexibility index (Phi) is 7.57. The zero-order valence-corrected chi connectivity index (χ0v) is 21.1. The molecule has 3 saturated heterocycles. The van der Waals surface area contributed by atoms with Crippen molar-refractivity contribution in [2.75, 3.05) is 13.2 Å². The number of aliphatic hydroxyl groups excluding tert-OH is 1. The van der Waals surface area contributed by atoms with Crippen LogP contribution in [-0.4, -0.2) is 63.0 Å². The van der Waals surface area contributed by atoms with E-state index >= 15 is 0 Å². The molecule has 3 unspecified atom stereocenters. The largest absolute Gasteiger partial charge is 0.394 e. The molecule has 2 bridgehead atoms. The summed E-state index contributed by atoms with van der Waals surface area (Å²) in [6, 6.07) is 8.02. The zero-order chi connectivity index (χ0) is 24.5. The lowest BCUT2D eigenvalue weighted by Crippen LogP contribution is -2.56. The predicted molar refractivity (Wildman–Crippen MR) is 133 cm³/mol. The van der Waals surface area contributed by atoms with E-state index in [4.69, 9.17) is 0 Å². The van der Waals surface area contributed by atoms with Gasteiger partial charge in [0, 0.05) is 17.8 Å². The molecule has 34 heavy (non-hydrogen) atoms. The fourth-order valence-electron chi connectivity index (χ4n) is 6.25. The smallest absolute Gasteiger partial charge is 0.244 e. The molecule has 3 aliphatic rings. The number of aliphatic hydroxyl groups is 1. The molecule has 186 valence electrons. The number of likely N-dealkylation sites (tertiary alicyclic amines) is 1. The number of amides is 3. The maximum absolute atomic E-state index is 14.1. The maximum atomic E-state index is 14.1. The van der Waals surface area contributed by atoms with E-state index in [0.717, 1.165) is 37.7 Å². The van der Waals surface area contributed by atoms with Crippen LogP contribution in [0, 0.1) is 11.8 Å². The number of carbonyl (C=O) groups excluding carboxylic acids is 3. The van der Waals surface area contributed by atoms with Gasteiger partial charge in [0.15, 0.2) is 0 Å². The van der Waals surface area contributed by atoms with Crippen molar-refractivity contribution >= 4 is 29.5 Å². The van der Waals surface area contributed by atoms with Crippen molar-refractivity contribution in [2.24, 2.45) is 11.8 Å². The highest BCUT2D eigenvalue weighted by Gasteiger charge is 2.74. The molecule has 1 aromatic carbocycles. The number of hydrogen-bond acceptors (Lipinski definition) is 5. The van der Waals surface area contributed by atoms with Crippen LogP contribution in [0.2, 0.25) is 0 Å². The van der Waals surface area contributed by atoms with Crippen LogP contribution >= 0.6 is 11.8 Å².